The Morgan fingerprint density at radius 3 is 2.93 bits per heavy atom. The van der Waals surface area contributed by atoms with E-state index in [2.05, 4.69) is 10.2 Å². The maximum Gasteiger partial charge on any atom is 0.335 e. The topological polar surface area (TPSA) is 78.9 Å². The quantitative estimate of drug-likeness (QED) is 0.727. The maximum absolute atomic E-state index is 12.1. The largest absolute Gasteiger partial charge is 0.496 e. The van der Waals surface area contributed by atoms with E-state index in [4.69, 9.17) is 4.74 Å². The van der Waals surface area contributed by atoms with Crippen LogP contribution in [0.25, 0.3) is 0 Å². The van der Waals surface area contributed by atoms with Gasteiger partial charge in [0.05, 0.1) is 25.8 Å². The second-order valence-electron chi connectivity index (χ2n) is 6.78. The summed E-state index contributed by atoms with van der Waals surface area (Å²) in [5.41, 5.74) is 1.18. The summed E-state index contributed by atoms with van der Waals surface area (Å²) in [6.45, 7) is 2.67. The van der Waals surface area contributed by atoms with Gasteiger partial charge < -0.3 is 15.2 Å². The number of nitrogens with one attached hydrogen (secondary N) is 1. The first-order valence-corrected chi connectivity index (χ1v) is 9.84. The van der Waals surface area contributed by atoms with E-state index in [-0.39, 0.29) is 11.5 Å². The van der Waals surface area contributed by atoms with Crippen LogP contribution in [0.5, 0.6) is 5.75 Å². The van der Waals surface area contributed by atoms with Crippen molar-refractivity contribution in [2.24, 2.45) is 5.92 Å². The first-order chi connectivity index (χ1) is 13.0. The molecule has 1 saturated heterocycles. The molecule has 0 aliphatic carbocycles. The fraction of sp³-hybridized carbons (Fsp3) is 0.400. The SMILES string of the molecule is COc1ccc(C(=O)O)cc1CC1CCN(CC(=O)NCc2cccs2)C1. The molecule has 1 fully saturated rings. The number of carbonyl (C=O) groups is 2. The Balaban J connectivity index is 1.51. The number of hydrogen-bond donors (Lipinski definition) is 2. The van der Waals surface area contributed by atoms with Gasteiger partial charge in [-0.05, 0) is 60.5 Å². The van der Waals surface area contributed by atoms with E-state index >= 15 is 0 Å². The number of likely N-dealkylation sites (tertiary alicyclic amines) is 1. The van der Waals surface area contributed by atoms with Crippen LogP contribution in [-0.2, 0) is 17.8 Å². The molecular formula is C20H24N2O4S. The number of ether oxygens (including phenoxy) is 1. The third kappa shape index (κ3) is 5.30. The lowest BCUT2D eigenvalue weighted by Gasteiger charge is -2.16. The van der Waals surface area contributed by atoms with Crippen LogP contribution in [0.2, 0.25) is 0 Å². The van der Waals surface area contributed by atoms with Crippen LogP contribution in [0, 0.1) is 5.92 Å². The molecule has 1 aliphatic heterocycles. The van der Waals surface area contributed by atoms with Gasteiger partial charge in [-0.15, -0.1) is 11.3 Å². The fourth-order valence-corrected chi connectivity index (χ4v) is 4.11. The summed E-state index contributed by atoms with van der Waals surface area (Å²) in [6.07, 6.45) is 1.73. The molecule has 0 saturated carbocycles. The van der Waals surface area contributed by atoms with Crippen LogP contribution in [0.1, 0.15) is 27.2 Å². The zero-order chi connectivity index (χ0) is 19.2. The van der Waals surface area contributed by atoms with Crippen LogP contribution in [0.3, 0.4) is 0 Å². The third-order valence-corrected chi connectivity index (χ3v) is 5.69. The molecule has 0 spiro atoms. The molecule has 3 rings (SSSR count). The maximum atomic E-state index is 12.1. The van der Waals surface area contributed by atoms with Gasteiger partial charge in [0.15, 0.2) is 0 Å². The van der Waals surface area contributed by atoms with Gasteiger partial charge in [-0.1, -0.05) is 6.07 Å². The number of rotatable bonds is 8. The van der Waals surface area contributed by atoms with E-state index in [1.165, 1.54) is 0 Å². The summed E-state index contributed by atoms with van der Waals surface area (Å²) in [5, 5.41) is 14.2. The number of methoxy groups -OCH3 is 1. The normalized spacial score (nSPS) is 17.0. The number of aromatic carboxylic acids is 1. The molecule has 2 heterocycles. The van der Waals surface area contributed by atoms with Crippen LogP contribution in [0.15, 0.2) is 35.7 Å². The van der Waals surface area contributed by atoms with Gasteiger partial charge in [0.25, 0.3) is 0 Å². The number of benzene rings is 1. The van der Waals surface area contributed by atoms with Gasteiger partial charge in [-0.2, -0.15) is 0 Å². The Hall–Kier alpha value is -2.38. The van der Waals surface area contributed by atoms with E-state index in [9.17, 15) is 14.7 Å². The lowest BCUT2D eigenvalue weighted by Crippen LogP contribution is -2.35. The van der Waals surface area contributed by atoms with Crippen molar-refractivity contribution in [1.29, 1.82) is 0 Å². The summed E-state index contributed by atoms with van der Waals surface area (Å²) in [4.78, 5) is 26.7. The molecule has 0 bridgehead atoms. The summed E-state index contributed by atoms with van der Waals surface area (Å²) in [5.74, 6) is 0.198. The number of carboxylic acid groups (broad SMARTS) is 1. The lowest BCUT2D eigenvalue weighted by atomic mass is 9.96. The molecule has 1 aromatic carbocycles. The minimum atomic E-state index is -0.936. The predicted molar refractivity (Wildman–Crippen MR) is 104 cm³/mol. The van der Waals surface area contributed by atoms with Crippen LogP contribution in [0.4, 0.5) is 0 Å². The van der Waals surface area contributed by atoms with Crippen molar-refractivity contribution in [2.45, 2.75) is 19.4 Å². The molecule has 2 N–H and O–H groups in total. The molecule has 144 valence electrons. The van der Waals surface area contributed by atoms with Crippen molar-refractivity contribution in [3.63, 3.8) is 0 Å². The highest BCUT2D eigenvalue weighted by atomic mass is 32.1. The average molecular weight is 388 g/mol. The van der Waals surface area contributed by atoms with Crippen molar-refractivity contribution in [2.75, 3.05) is 26.7 Å². The van der Waals surface area contributed by atoms with Gasteiger partial charge in [-0.25, -0.2) is 4.79 Å². The van der Waals surface area contributed by atoms with Gasteiger partial charge in [0, 0.05) is 11.4 Å². The van der Waals surface area contributed by atoms with Crippen molar-refractivity contribution in [3.8, 4) is 5.75 Å². The summed E-state index contributed by atoms with van der Waals surface area (Å²) in [7, 11) is 1.60. The van der Waals surface area contributed by atoms with Crippen LogP contribution < -0.4 is 10.1 Å². The van der Waals surface area contributed by atoms with Gasteiger partial charge in [0.1, 0.15) is 5.75 Å². The predicted octanol–water partition coefficient (Wildman–Crippen LogP) is 2.64. The van der Waals surface area contributed by atoms with Crippen molar-refractivity contribution in [1.82, 2.24) is 10.2 Å². The zero-order valence-corrected chi connectivity index (χ0v) is 16.1. The number of amides is 1. The Kier molecular flexibility index (Phi) is 6.47. The van der Waals surface area contributed by atoms with E-state index in [0.717, 1.165) is 36.4 Å². The summed E-state index contributed by atoms with van der Waals surface area (Å²) < 4.78 is 5.38. The Labute approximate surface area is 162 Å². The highest BCUT2D eigenvalue weighted by Gasteiger charge is 2.25. The third-order valence-electron chi connectivity index (χ3n) is 4.81. The molecule has 1 atom stereocenters. The van der Waals surface area contributed by atoms with E-state index in [1.54, 1.807) is 36.6 Å². The first-order valence-electron chi connectivity index (χ1n) is 8.97. The summed E-state index contributed by atoms with van der Waals surface area (Å²) >= 11 is 1.63. The molecule has 1 aliphatic rings. The molecule has 27 heavy (non-hydrogen) atoms. The molecule has 1 unspecified atom stereocenters. The van der Waals surface area contributed by atoms with Crippen molar-refractivity contribution in [3.05, 3.63) is 51.7 Å². The Morgan fingerprint density at radius 2 is 2.22 bits per heavy atom. The smallest absolute Gasteiger partial charge is 0.335 e. The number of nitrogens with zero attached hydrogens (tertiary/aromatic N) is 1. The standard InChI is InChI=1S/C20H24N2O4S/c1-26-18-5-4-15(20(24)25)10-16(18)9-14-6-7-22(12-14)13-19(23)21-11-17-3-2-8-27-17/h2-5,8,10,14H,6-7,9,11-13H2,1H3,(H,21,23)(H,24,25). The van der Waals surface area contributed by atoms with E-state index in [1.807, 2.05) is 17.5 Å². The van der Waals surface area contributed by atoms with Crippen molar-refractivity contribution < 1.29 is 19.4 Å². The zero-order valence-electron chi connectivity index (χ0n) is 15.3. The molecule has 1 aromatic heterocycles. The first kappa shape index (κ1) is 19.4. The number of carboxylic acids is 1. The number of carbonyl (C=O) groups excluding carboxylic acids is 1. The minimum Gasteiger partial charge on any atom is -0.496 e. The highest BCUT2D eigenvalue weighted by Crippen LogP contribution is 2.27. The molecule has 2 aromatic rings. The molecule has 1 amide bonds. The number of hydrogen-bond acceptors (Lipinski definition) is 5. The molecule has 0 radical (unpaired) electrons. The van der Waals surface area contributed by atoms with E-state index < -0.39 is 5.97 Å². The van der Waals surface area contributed by atoms with Crippen LogP contribution >= 0.6 is 11.3 Å². The Bertz CT molecular complexity index is 791. The fourth-order valence-electron chi connectivity index (χ4n) is 3.46. The minimum absolute atomic E-state index is 0.0366. The van der Waals surface area contributed by atoms with Crippen LogP contribution in [-0.4, -0.2) is 48.6 Å². The second-order valence-corrected chi connectivity index (χ2v) is 7.81. The molecule has 6 nitrogen and oxygen atoms in total. The average Bonchev–Trinajstić information content (AvgIpc) is 3.32. The summed E-state index contributed by atoms with van der Waals surface area (Å²) in [6, 6.07) is 8.95. The number of thiophene rings is 1. The van der Waals surface area contributed by atoms with E-state index in [0.29, 0.717) is 24.8 Å². The monoisotopic (exact) mass is 388 g/mol. The molecule has 7 heteroatoms. The second kappa shape index (κ2) is 9.01. The van der Waals surface area contributed by atoms with Gasteiger partial charge >= 0.3 is 5.97 Å². The van der Waals surface area contributed by atoms with Gasteiger partial charge in [-0.3, -0.25) is 9.69 Å². The lowest BCUT2D eigenvalue weighted by molar-refractivity contribution is -0.122. The van der Waals surface area contributed by atoms with Crippen molar-refractivity contribution >= 4 is 23.2 Å². The highest BCUT2D eigenvalue weighted by molar-refractivity contribution is 7.09. The van der Waals surface area contributed by atoms with Gasteiger partial charge in [0.2, 0.25) is 5.91 Å². The molecular weight excluding hydrogens is 364 g/mol. The Morgan fingerprint density at radius 1 is 1.37 bits per heavy atom.